The van der Waals surface area contributed by atoms with Crippen molar-refractivity contribution in [2.45, 2.75) is 18.2 Å². The second kappa shape index (κ2) is 9.03. The number of nitrogens with one attached hydrogen (secondary N) is 1. The molecule has 3 rings (SSSR count). The van der Waals surface area contributed by atoms with Crippen LogP contribution in [-0.2, 0) is 11.8 Å². The van der Waals surface area contributed by atoms with E-state index in [1.165, 1.54) is 23.9 Å². The molecule has 1 aromatic carbocycles. The van der Waals surface area contributed by atoms with Crippen molar-refractivity contribution in [2.75, 3.05) is 11.1 Å². The molecule has 7 nitrogen and oxygen atoms in total. The highest BCUT2D eigenvalue weighted by molar-refractivity contribution is 7.99. The average Bonchev–Trinajstić information content (AvgIpc) is 3.04. The molecular formula is C18H17ClFN5O2S. The van der Waals surface area contributed by atoms with Crippen LogP contribution in [0.25, 0.3) is 0 Å². The Morgan fingerprint density at radius 1 is 1.32 bits per heavy atom. The van der Waals surface area contributed by atoms with Gasteiger partial charge in [0.05, 0.1) is 11.4 Å². The van der Waals surface area contributed by atoms with Crippen molar-refractivity contribution >= 4 is 35.0 Å². The number of carbonyl (C=O) groups excluding carboxylic acids is 1. The fraction of sp³-hybridized carbons (Fsp3) is 0.222. The Morgan fingerprint density at radius 3 is 2.79 bits per heavy atom. The Balaban J connectivity index is 1.58. The lowest BCUT2D eigenvalue weighted by atomic mass is 10.3. The third kappa shape index (κ3) is 4.99. The maximum atomic E-state index is 13.0. The summed E-state index contributed by atoms with van der Waals surface area (Å²) in [6.45, 7) is 1.82. The number of carbonyl (C=O) groups is 1. The van der Waals surface area contributed by atoms with Crippen LogP contribution in [0.2, 0.25) is 5.15 Å². The van der Waals surface area contributed by atoms with Crippen molar-refractivity contribution in [3.05, 3.63) is 59.4 Å². The summed E-state index contributed by atoms with van der Waals surface area (Å²) < 4.78 is 20.5. The van der Waals surface area contributed by atoms with Crippen molar-refractivity contribution in [2.24, 2.45) is 7.05 Å². The molecule has 0 aliphatic carbocycles. The molecule has 1 N–H and O–H groups in total. The predicted octanol–water partition coefficient (Wildman–Crippen LogP) is 3.87. The third-order valence-corrected chi connectivity index (χ3v) is 5.05. The van der Waals surface area contributed by atoms with Crippen LogP contribution in [0.3, 0.4) is 0 Å². The van der Waals surface area contributed by atoms with Gasteiger partial charge in [0.15, 0.2) is 22.2 Å². The van der Waals surface area contributed by atoms with Gasteiger partial charge in [-0.3, -0.25) is 4.79 Å². The number of rotatable bonds is 7. The number of halogens is 2. The van der Waals surface area contributed by atoms with Gasteiger partial charge in [0.25, 0.3) is 0 Å². The molecule has 0 bridgehead atoms. The zero-order valence-corrected chi connectivity index (χ0v) is 16.7. The largest absolute Gasteiger partial charge is 0.483 e. The number of hydrogen-bond donors (Lipinski definition) is 1. The summed E-state index contributed by atoms with van der Waals surface area (Å²) in [5, 5.41) is 11.7. The minimum atomic E-state index is -0.402. The molecule has 0 aliphatic rings. The van der Waals surface area contributed by atoms with Gasteiger partial charge < -0.3 is 14.6 Å². The number of ether oxygens (including phenoxy) is 1. The van der Waals surface area contributed by atoms with Gasteiger partial charge in [-0.1, -0.05) is 23.4 Å². The third-order valence-electron chi connectivity index (χ3n) is 3.72. The lowest BCUT2D eigenvalue weighted by Crippen LogP contribution is -2.15. The summed E-state index contributed by atoms with van der Waals surface area (Å²) in [6, 6.07) is 9.11. The van der Waals surface area contributed by atoms with Crippen molar-refractivity contribution < 1.29 is 13.9 Å². The number of thioether (sulfide) groups is 1. The van der Waals surface area contributed by atoms with Crippen molar-refractivity contribution in [1.82, 2.24) is 19.7 Å². The number of benzene rings is 1. The molecule has 1 atom stereocenters. The van der Waals surface area contributed by atoms with Gasteiger partial charge in [0.1, 0.15) is 11.6 Å². The van der Waals surface area contributed by atoms with Crippen LogP contribution in [0.15, 0.2) is 47.8 Å². The zero-order chi connectivity index (χ0) is 20.1. The van der Waals surface area contributed by atoms with Gasteiger partial charge in [-0.25, -0.2) is 9.37 Å². The van der Waals surface area contributed by atoms with Gasteiger partial charge in [0, 0.05) is 13.2 Å². The fourth-order valence-electron chi connectivity index (χ4n) is 2.37. The number of anilines is 1. The molecule has 1 amide bonds. The van der Waals surface area contributed by atoms with Crippen LogP contribution < -0.4 is 10.1 Å². The highest BCUT2D eigenvalue weighted by Crippen LogP contribution is 2.24. The molecule has 0 radical (unpaired) electrons. The van der Waals surface area contributed by atoms with E-state index < -0.39 is 6.10 Å². The second-order valence-corrected chi connectivity index (χ2v) is 7.09. The molecule has 28 heavy (non-hydrogen) atoms. The van der Waals surface area contributed by atoms with Crippen molar-refractivity contribution in [3.63, 3.8) is 0 Å². The summed E-state index contributed by atoms with van der Waals surface area (Å²) in [5.41, 5.74) is 0.453. The van der Waals surface area contributed by atoms with E-state index in [0.717, 1.165) is 0 Å². The molecular weight excluding hydrogens is 405 g/mol. The number of amides is 1. The molecule has 0 aliphatic heterocycles. The Kier molecular flexibility index (Phi) is 6.48. The summed E-state index contributed by atoms with van der Waals surface area (Å²) in [6.07, 6.45) is 1.14. The molecule has 0 saturated carbocycles. The Morgan fingerprint density at radius 2 is 2.07 bits per heavy atom. The number of nitrogens with zero attached hydrogens (tertiary/aromatic N) is 4. The first-order chi connectivity index (χ1) is 13.4. The minimum absolute atomic E-state index is 0.129. The van der Waals surface area contributed by atoms with E-state index in [9.17, 15) is 9.18 Å². The monoisotopic (exact) mass is 421 g/mol. The van der Waals surface area contributed by atoms with Crippen molar-refractivity contribution in [1.29, 1.82) is 0 Å². The minimum Gasteiger partial charge on any atom is -0.483 e. The van der Waals surface area contributed by atoms with Crippen LogP contribution in [0.1, 0.15) is 18.9 Å². The second-order valence-electron chi connectivity index (χ2n) is 5.79. The van der Waals surface area contributed by atoms with Gasteiger partial charge in [0.2, 0.25) is 5.91 Å². The maximum Gasteiger partial charge on any atom is 0.234 e. The van der Waals surface area contributed by atoms with E-state index in [1.54, 1.807) is 42.1 Å². The average molecular weight is 422 g/mol. The number of pyridine rings is 1. The SMILES string of the molecule is CC(Oc1ccc(F)cc1)c1nnc(SCC(=O)Nc2cccnc2Cl)n1C. The van der Waals surface area contributed by atoms with E-state index in [0.29, 0.717) is 22.4 Å². The molecule has 10 heteroatoms. The molecule has 1 unspecified atom stereocenters. The first-order valence-electron chi connectivity index (χ1n) is 8.28. The Hall–Kier alpha value is -2.65. The van der Waals surface area contributed by atoms with Gasteiger partial charge in [-0.2, -0.15) is 0 Å². The zero-order valence-electron chi connectivity index (χ0n) is 15.1. The summed E-state index contributed by atoms with van der Waals surface area (Å²) >= 11 is 7.17. The van der Waals surface area contributed by atoms with Crippen LogP contribution in [0.4, 0.5) is 10.1 Å². The number of hydrogen-bond acceptors (Lipinski definition) is 6. The Labute approximate surface area is 170 Å². The van der Waals surface area contributed by atoms with Gasteiger partial charge in [-0.05, 0) is 43.3 Å². The molecule has 0 saturated heterocycles. The van der Waals surface area contributed by atoms with Crippen LogP contribution in [0, 0.1) is 5.82 Å². The van der Waals surface area contributed by atoms with E-state index in [-0.39, 0.29) is 22.6 Å². The van der Waals surface area contributed by atoms with E-state index in [1.807, 2.05) is 6.92 Å². The number of aromatic nitrogens is 4. The van der Waals surface area contributed by atoms with Crippen molar-refractivity contribution in [3.8, 4) is 5.75 Å². The first-order valence-corrected chi connectivity index (χ1v) is 9.65. The summed E-state index contributed by atoms with van der Waals surface area (Å²) in [4.78, 5) is 16.0. The van der Waals surface area contributed by atoms with Crippen LogP contribution >= 0.6 is 23.4 Å². The van der Waals surface area contributed by atoms with E-state index in [4.69, 9.17) is 16.3 Å². The van der Waals surface area contributed by atoms with E-state index >= 15 is 0 Å². The molecule has 146 valence electrons. The topological polar surface area (TPSA) is 81.9 Å². The van der Waals surface area contributed by atoms with Gasteiger partial charge in [-0.15, -0.1) is 10.2 Å². The van der Waals surface area contributed by atoms with Crippen LogP contribution in [-0.4, -0.2) is 31.4 Å². The van der Waals surface area contributed by atoms with Gasteiger partial charge >= 0.3 is 0 Å². The van der Waals surface area contributed by atoms with E-state index in [2.05, 4.69) is 20.5 Å². The predicted molar refractivity (Wildman–Crippen MR) is 105 cm³/mol. The molecule has 0 fully saturated rings. The lowest BCUT2D eigenvalue weighted by Gasteiger charge is -2.14. The smallest absolute Gasteiger partial charge is 0.234 e. The standard InChI is InChI=1S/C18H17ClFN5O2S/c1-11(27-13-7-5-12(20)6-8-13)17-23-24-18(25(17)2)28-10-15(26)22-14-4-3-9-21-16(14)19/h3-9,11H,10H2,1-2H3,(H,22,26). The first kappa shape index (κ1) is 20.1. The quantitative estimate of drug-likeness (QED) is 0.460. The van der Waals surface area contributed by atoms with Crippen LogP contribution in [0.5, 0.6) is 5.75 Å². The molecule has 0 spiro atoms. The fourth-order valence-corrected chi connectivity index (χ4v) is 3.26. The molecule has 2 heterocycles. The molecule has 2 aromatic heterocycles. The summed E-state index contributed by atoms with van der Waals surface area (Å²) in [7, 11) is 1.79. The Bertz CT molecular complexity index is 967. The summed E-state index contributed by atoms with van der Waals surface area (Å²) in [5.74, 6) is 0.675. The molecule has 3 aromatic rings. The normalized spacial score (nSPS) is 11.9. The highest BCUT2D eigenvalue weighted by atomic mass is 35.5. The highest BCUT2D eigenvalue weighted by Gasteiger charge is 2.18. The maximum absolute atomic E-state index is 13.0. The lowest BCUT2D eigenvalue weighted by molar-refractivity contribution is -0.113.